The monoisotopic (exact) mass is 478 g/mol. The van der Waals surface area contributed by atoms with Crippen LogP contribution in [0.1, 0.15) is 58.4 Å². The highest BCUT2D eigenvalue weighted by atomic mass is 16.3. The summed E-state index contributed by atoms with van der Waals surface area (Å²) >= 11 is 0. The predicted molar refractivity (Wildman–Crippen MR) is 143 cm³/mol. The fraction of sp³-hybridized carbons (Fsp3) is 0.593. The number of pyridine rings is 1. The lowest BCUT2D eigenvalue weighted by Gasteiger charge is -2.39. The molecule has 3 aromatic rings. The van der Waals surface area contributed by atoms with E-state index in [9.17, 15) is 9.90 Å². The molecule has 0 spiro atoms. The molecule has 0 radical (unpaired) electrons. The molecule has 35 heavy (non-hydrogen) atoms. The van der Waals surface area contributed by atoms with E-state index in [2.05, 4.69) is 59.2 Å². The lowest BCUT2D eigenvalue weighted by atomic mass is 9.92. The maximum absolute atomic E-state index is 14.0. The number of benzene rings is 1. The van der Waals surface area contributed by atoms with E-state index >= 15 is 0 Å². The number of likely N-dealkylation sites (N-methyl/N-ethyl adjacent to an activating group) is 1. The van der Waals surface area contributed by atoms with Crippen LogP contribution in [0.15, 0.2) is 29.2 Å². The van der Waals surface area contributed by atoms with Gasteiger partial charge in [-0.1, -0.05) is 19.4 Å². The molecular formula is C27H38N6O2. The summed E-state index contributed by atoms with van der Waals surface area (Å²) in [5, 5.41) is 15.9. The van der Waals surface area contributed by atoms with Gasteiger partial charge in [0.05, 0.1) is 11.5 Å². The number of hydrogen-bond acceptors (Lipinski definition) is 7. The third-order valence-corrected chi connectivity index (χ3v) is 7.91. The number of nitrogens with zero attached hydrogens (tertiary/aromatic N) is 5. The third-order valence-electron chi connectivity index (χ3n) is 7.91. The molecule has 8 nitrogen and oxygen atoms in total. The van der Waals surface area contributed by atoms with E-state index < -0.39 is 0 Å². The van der Waals surface area contributed by atoms with Gasteiger partial charge in [-0.15, -0.1) is 0 Å². The average molecular weight is 479 g/mol. The topological polar surface area (TPSA) is 86.5 Å². The molecule has 1 atom stereocenters. The molecule has 3 heterocycles. The zero-order chi connectivity index (χ0) is 24.5. The zero-order valence-electron chi connectivity index (χ0n) is 21.2. The van der Waals surface area contributed by atoms with Crippen molar-refractivity contribution in [2.24, 2.45) is 0 Å². The highest BCUT2D eigenvalue weighted by Gasteiger charge is 2.26. The van der Waals surface area contributed by atoms with Gasteiger partial charge in [0, 0.05) is 55.5 Å². The fourth-order valence-corrected chi connectivity index (χ4v) is 5.51. The van der Waals surface area contributed by atoms with E-state index in [1.165, 1.54) is 0 Å². The van der Waals surface area contributed by atoms with Crippen molar-refractivity contribution in [2.75, 3.05) is 43.4 Å². The van der Waals surface area contributed by atoms with Gasteiger partial charge in [-0.25, -0.2) is 4.98 Å². The standard InChI is InChI=1S/C27H38N6O2/c1-4-5-12-28-27-29-16-24-22-11-8-20(32-14-13-31(3)18(2)17-32)15-23(22)26(35)33(25(24)30-27)19-6-9-21(34)10-7-19/h8,11,15-16,18-19,21,34H,4-7,9-10,12-14,17H2,1-3H3,(H,28,29,30)/t18-,19?,21?/m1/s1. The minimum atomic E-state index is -0.277. The van der Waals surface area contributed by atoms with Crippen LogP contribution in [0.2, 0.25) is 0 Å². The zero-order valence-corrected chi connectivity index (χ0v) is 21.2. The van der Waals surface area contributed by atoms with Crippen molar-refractivity contribution in [3.05, 3.63) is 34.7 Å². The highest BCUT2D eigenvalue weighted by molar-refractivity contribution is 6.05. The number of piperazine rings is 1. The largest absolute Gasteiger partial charge is 0.393 e. The Balaban J connectivity index is 1.63. The molecule has 188 valence electrons. The summed E-state index contributed by atoms with van der Waals surface area (Å²) in [6, 6.07) is 6.77. The van der Waals surface area contributed by atoms with Crippen molar-refractivity contribution in [2.45, 2.75) is 70.6 Å². The number of unbranched alkanes of at least 4 members (excludes halogenated alkanes) is 1. The maximum Gasteiger partial charge on any atom is 0.260 e. The Morgan fingerprint density at radius 2 is 1.91 bits per heavy atom. The van der Waals surface area contributed by atoms with Gasteiger partial charge in [0.15, 0.2) is 0 Å². The molecule has 1 aromatic carbocycles. The Kier molecular flexibility index (Phi) is 6.93. The molecule has 2 aromatic heterocycles. The number of fused-ring (bicyclic) bond motifs is 3. The second-order valence-corrected chi connectivity index (χ2v) is 10.4. The molecule has 0 bridgehead atoms. The lowest BCUT2D eigenvalue weighted by Crippen LogP contribution is -2.50. The van der Waals surface area contributed by atoms with E-state index in [0.717, 1.165) is 73.7 Å². The van der Waals surface area contributed by atoms with Crippen molar-refractivity contribution in [3.8, 4) is 0 Å². The van der Waals surface area contributed by atoms with Crippen molar-refractivity contribution in [1.29, 1.82) is 0 Å². The van der Waals surface area contributed by atoms with Crippen LogP contribution in [0.25, 0.3) is 21.8 Å². The average Bonchev–Trinajstić information content (AvgIpc) is 2.87. The van der Waals surface area contributed by atoms with Crippen molar-refractivity contribution in [1.82, 2.24) is 19.4 Å². The summed E-state index contributed by atoms with van der Waals surface area (Å²) in [4.78, 5) is 28.2. The van der Waals surface area contributed by atoms with Gasteiger partial charge in [0.1, 0.15) is 5.65 Å². The molecule has 2 fully saturated rings. The van der Waals surface area contributed by atoms with E-state index in [4.69, 9.17) is 4.98 Å². The molecule has 1 saturated carbocycles. The van der Waals surface area contributed by atoms with Crippen LogP contribution in [0.4, 0.5) is 11.6 Å². The van der Waals surface area contributed by atoms with E-state index in [1.54, 1.807) is 0 Å². The fourth-order valence-electron chi connectivity index (χ4n) is 5.51. The molecule has 1 aliphatic carbocycles. The number of hydrogen-bond donors (Lipinski definition) is 2. The molecule has 1 saturated heterocycles. The molecular weight excluding hydrogens is 440 g/mol. The van der Waals surface area contributed by atoms with Gasteiger partial charge < -0.3 is 20.2 Å². The molecule has 0 amide bonds. The summed E-state index contributed by atoms with van der Waals surface area (Å²) in [6.45, 7) is 8.11. The summed E-state index contributed by atoms with van der Waals surface area (Å²) in [5.41, 5.74) is 1.80. The summed E-state index contributed by atoms with van der Waals surface area (Å²) in [7, 11) is 2.17. The van der Waals surface area contributed by atoms with Gasteiger partial charge in [0.2, 0.25) is 5.95 Å². The smallest absolute Gasteiger partial charge is 0.260 e. The van der Waals surface area contributed by atoms with Gasteiger partial charge in [-0.3, -0.25) is 9.36 Å². The molecule has 8 heteroatoms. The summed E-state index contributed by atoms with van der Waals surface area (Å²) in [5.74, 6) is 0.567. The van der Waals surface area contributed by atoms with Gasteiger partial charge >= 0.3 is 0 Å². The minimum Gasteiger partial charge on any atom is -0.393 e. The number of nitrogens with one attached hydrogen (secondary N) is 1. The second kappa shape index (κ2) is 10.1. The lowest BCUT2D eigenvalue weighted by molar-refractivity contribution is 0.111. The first kappa shape index (κ1) is 24.0. The Morgan fingerprint density at radius 1 is 1.11 bits per heavy atom. The van der Waals surface area contributed by atoms with Crippen LogP contribution < -0.4 is 15.8 Å². The van der Waals surface area contributed by atoms with Gasteiger partial charge in [0.25, 0.3) is 5.56 Å². The number of anilines is 2. The van der Waals surface area contributed by atoms with Gasteiger partial charge in [-0.2, -0.15) is 4.98 Å². The molecule has 2 N–H and O–H groups in total. The van der Waals surface area contributed by atoms with Crippen molar-refractivity contribution < 1.29 is 5.11 Å². The molecule has 2 aliphatic rings. The van der Waals surface area contributed by atoms with Crippen LogP contribution in [0.5, 0.6) is 0 Å². The Hall–Kier alpha value is -2.71. The number of aliphatic hydroxyl groups excluding tert-OH is 1. The Morgan fingerprint density at radius 3 is 2.66 bits per heavy atom. The van der Waals surface area contributed by atoms with Crippen molar-refractivity contribution >= 4 is 33.4 Å². The van der Waals surface area contributed by atoms with E-state index in [0.29, 0.717) is 30.5 Å². The van der Waals surface area contributed by atoms with Crippen molar-refractivity contribution in [3.63, 3.8) is 0 Å². The Labute approximate surface area is 207 Å². The highest BCUT2D eigenvalue weighted by Crippen LogP contribution is 2.33. The number of aromatic nitrogens is 3. The summed E-state index contributed by atoms with van der Waals surface area (Å²) in [6.07, 6.45) is 6.70. The molecule has 5 rings (SSSR count). The van der Waals surface area contributed by atoms with Crippen LogP contribution >= 0.6 is 0 Å². The van der Waals surface area contributed by atoms with E-state index in [1.807, 2.05) is 10.8 Å². The molecule has 1 aliphatic heterocycles. The van der Waals surface area contributed by atoms with Crippen LogP contribution in [-0.4, -0.2) is 69.9 Å². The first-order valence-electron chi connectivity index (χ1n) is 13.2. The first-order valence-corrected chi connectivity index (χ1v) is 13.2. The minimum absolute atomic E-state index is 0.0103. The van der Waals surface area contributed by atoms with Crippen LogP contribution in [0.3, 0.4) is 0 Å². The quantitative estimate of drug-likeness (QED) is 0.412. The third kappa shape index (κ3) is 4.74. The summed E-state index contributed by atoms with van der Waals surface area (Å²) < 4.78 is 1.90. The van der Waals surface area contributed by atoms with Crippen LogP contribution in [0, 0.1) is 0 Å². The molecule has 0 unspecified atom stereocenters. The van der Waals surface area contributed by atoms with Crippen LogP contribution in [-0.2, 0) is 0 Å². The number of rotatable bonds is 6. The predicted octanol–water partition coefficient (Wildman–Crippen LogP) is 3.77. The van der Waals surface area contributed by atoms with Gasteiger partial charge in [-0.05, 0) is 63.6 Å². The maximum atomic E-state index is 14.0. The van der Waals surface area contributed by atoms with E-state index in [-0.39, 0.29) is 17.7 Å². The normalized spacial score (nSPS) is 23.8. The first-order chi connectivity index (χ1) is 17.0. The number of aliphatic hydroxyl groups is 1. The Bertz CT molecular complexity index is 1250. The SMILES string of the molecule is CCCCNc1ncc2c3ccc(N4CCN(C)[C@H](C)C4)cc3c(=O)n(C3CCC(O)CC3)c2n1. The second-order valence-electron chi connectivity index (χ2n) is 10.4.